The number of nitrogens with two attached hydrogens (primary N) is 5. The van der Waals surface area contributed by atoms with E-state index in [2.05, 4.69) is 106 Å². The lowest BCUT2D eigenvalue weighted by Crippen LogP contribution is -2.42. The van der Waals surface area contributed by atoms with Gasteiger partial charge in [-0.2, -0.15) is 0 Å². The van der Waals surface area contributed by atoms with Gasteiger partial charge in [0.25, 0.3) is 23.2 Å². The summed E-state index contributed by atoms with van der Waals surface area (Å²) in [4.78, 5) is 135. The zero-order valence-corrected chi connectivity index (χ0v) is 81.6. The number of aromatic hydroxyl groups is 1. The molecule has 9 aliphatic heterocycles. The molecule has 18 N–H and O–H groups in total. The van der Waals surface area contributed by atoms with E-state index in [0.29, 0.717) is 61.6 Å². The number of aliphatic carboxylic acids is 1. The molecule has 2 amide bonds. The van der Waals surface area contributed by atoms with Gasteiger partial charge >= 0.3 is 11.9 Å². The number of aliphatic hydroxyl groups is 3. The molecule has 0 radical (unpaired) electrons. The highest BCUT2D eigenvalue weighted by molar-refractivity contribution is 5.86. The molecule has 12 aromatic rings. The largest absolute Gasteiger partial charge is 0.508 e. The number of carbonyl (C=O) groups excluding carboxylic acids is 3. The van der Waals surface area contributed by atoms with Gasteiger partial charge in [0.15, 0.2) is 136 Å². The number of anilines is 5. The quantitative estimate of drug-likeness (QED) is 0.0275. The SMILES string of the molecule is CC1(C)O[C@@H]2[C@H](O1)[C@@H](C(=O)O)O[C@H]2n1cnc2c(N)ncnc21.CC1(C)O[C@@H]2[C@H](O1)[C@@H](C(=O)Oc1ccc([N+](=O)[O-])cc1)O[C@H]2n1cnc2c(N)ncnc21.CC1(C)O[C@@H]2[C@H](O1)[C@@H](CO)O[C@H]2n1cnc2c(N)ncnc21.CCN(CC)CC.CN(C)C(=O)[C@H]1O[C@@H](n2cnc3c(N)ncnc32)[C@@H]2OC(C)(C)O[C@@H]21.CN(C)C(=O)[C@H]1O[C@@H](n2cnc3c(N)ncnc32)[C@H](O)[C@@H]1O.CNC.O.O=[N+]([O-])c1ccc(O)cc1. The molecule has 59 heteroatoms. The van der Waals surface area contributed by atoms with Gasteiger partial charge in [-0.25, -0.2) is 84.3 Å². The topological polar surface area (TPSA) is 786 Å². The summed E-state index contributed by atoms with van der Waals surface area (Å²) in [7, 11) is 10.2. The lowest BCUT2D eigenvalue weighted by atomic mass is 10.1. The van der Waals surface area contributed by atoms with Crippen LogP contribution in [0.25, 0.3) is 55.8 Å². The highest BCUT2D eigenvalue weighted by Crippen LogP contribution is 2.49. The van der Waals surface area contributed by atoms with Crippen LogP contribution in [0.4, 0.5) is 40.5 Å². The Labute approximate surface area is 823 Å². The number of rotatable bonds is 16. The van der Waals surface area contributed by atoms with E-state index in [1.54, 1.807) is 86.8 Å². The van der Waals surface area contributed by atoms with E-state index in [4.69, 9.17) is 100 Å². The zero-order valence-electron chi connectivity index (χ0n) is 81.6. The van der Waals surface area contributed by atoms with Crippen molar-refractivity contribution < 1.29 is 126 Å². The van der Waals surface area contributed by atoms with E-state index in [1.165, 1.54) is 133 Å². The van der Waals surface area contributed by atoms with Crippen molar-refractivity contribution in [2.45, 2.75) is 222 Å². The van der Waals surface area contributed by atoms with Crippen LogP contribution < -0.4 is 38.7 Å². The van der Waals surface area contributed by atoms with Crippen molar-refractivity contribution in [2.75, 3.05) is 97.2 Å². The van der Waals surface area contributed by atoms with E-state index in [9.17, 15) is 59.8 Å². The summed E-state index contributed by atoms with van der Waals surface area (Å²) in [6, 6.07) is 10.2. The van der Waals surface area contributed by atoms with Gasteiger partial charge in [0.05, 0.1) is 48.1 Å². The van der Waals surface area contributed by atoms with Crippen molar-refractivity contribution in [3.63, 3.8) is 0 Å². The number of non-ortho nitro benzene ring substituents is 2. The molecule has 782 valence electrons. The second-order valence-corrected chi connectivity index (χ2v) is 35.6. The van der Waals surface area contributed by atoms with Crippen LogP contribution in [0.5, 0.6) is 11.5 Å². The van der Waals surface area contributed by atoms with Crippen LogP contribution in [0.1, 0.15) is 107 Å². The Kier molecular flexibility index (Phi) is 33.0. The first kappa shape index (κ1) is 108. The first-order valence-electron chi connectivity index (χ1n) is 44.9. The summed E-state index contributed by atoms with van der Waals surface area (Å²) in [5.41, 5.74) is 33.3. The van der Waals surface area contributed by atoms with Crippen molar-refractivity contribution in [1.29, 1.82) is 0 Å². The number of carboxylic acid groups (broad SMARTS) is 1. The van der Waals surface area contributed by atoms with Crippen LogP contribution in [0.3, 0.4) is 0 Å². The Balaban J connectivity index is 0.000000145. The van der Waals surface area contributed by atoms with Crippen LogP contribution in [0.2, 0.25) is 0 Å². The molecule has 19 heterocycles. The van der Waals surface area contributed by atoms with Gasteiger partial charge in [-0.15, -0.1) is 0 Å². The van der Waals surface area contributed by atoms with Gasteiger partial charge in [0.1, 0.15) is 138 Å². The van der Waals surface area contributed by atoms with Gasteiger partial charge < -0.3 is 146 Å². The number of nitro groups is 2. The molecule has 2 aromatic carbocycles. The highest BCUT2D eigenvalue weighted by Gasteiger charge is 2.63. The van der Waals surface area contributed by atoms with E-state index in [-0.39, 0.29) is 76.3 Å². The summed E-state index contributed by atoms with van der Waals surface area (Å²) in [5.74, 6) is -4.46. The Hall–Kier alpha value is -14.1. The van der Waals surface area contributed by atoms with Crippen molar-refractivity contribution in [2.24, 2.45) is 0 Å². The molecule has 9 saturated heterocycles. The first-order chi connectivity index (χ1) is 68.3. The number of carbonyl (C=O) groups is 4. The summed E-state index contributed by atoms with van der Waals surface area (Å²) in [6.07, 6.45) is -1.29. The smallest absolute Gasteiger partial charge is 0.343 e. The molecular weight excluding hydrogens is 1920 g/mol. The molecule has 21 rings (SSSR count). The number of carboxylic acids is 1. The minimum Gasteiger partial charge on any atom is -0.508 e. The number of nitrogens with zero attached hydrogens (tertiary/aromatic N) is 25. The third-order valence-corrected chi connectivity index (χ3v) is 23.4. The van der Waals surface area contributed by atoms with Crippen LogP contribution in [0, 0.1) is 20.2 Å². The van der Waals surface area contributed by atoms with Gasteiger partial charge in [-0.05, 0) is 113 Å². The summed E-state index contributed by atoms with van der Waals surface area (Å²) in [6.45, 7) is 24.2. The number of phenols is 1. The average molecular weight is 2030 g/mol. The molecule has 0 bridgehead atoms. The Morgan fingerprint density at radius 2 is 0.690 bits per heavy atom. The van der Waals surface area contributed by atoms with Gasteiger partial charge in [0.2, 0.25) is 0 Å². The number of nitro benzene ring substituents is 2. The lowest BCUT2D eigenvalue weighted by molar-refractivity contribution is -0.385. The number of esters is 1. The number of hydrogen-bond acceptors (Lipinski definition) is 48. The van der Waals surface area contributed by atoms with Gasteiger partial charge in [-0.3, -0.25) is 52.7 Å². The molecule has 9 fully saturated rings. The lowest BCUT2D eigenvalue weighted by Gasteiger charge is -2.25. The second kappa shape index (κ2) is 44.2. The first-order valence-corrected chi connectivity index (χ1v) is 44.9. The van der Waals surface area contributed by atoms with Crippen molar-refractivity contribution in [3.8, 4) is 11.5 Å². The molecule has 0 saturated carbocycles. The second-order valence-electron chi connectivity index (χ2n) is 35.6. The number of amides is 2. The third-order valence-electron chi connectivity index (χ3n) is 23.4. The molecule has 59 nitrogen and oxygen atoms in total. The normalized spacial score (nSPS) is 26.8. The monoisotopic (exact) mass is 2030 g/mol. The predicted molar refractivity (Wildman–Crippen MR) is 503 cm³/mol. The molecular formula is C86H115N31O28. The molecule has 0 spiro atoms. The minimum atomic E-state index is -1.35. The molecule has 145 heavy (non-hydrogen) atoms. The van der Waals surface area contributed by atoms with E-state index in [1.807, 2.05) is 41.8 Å². The maximum atomic E-state index is 12.9. The molecule has 0 aliphatic carbocycles. The molecule has 9 aliphatic rings. The molecule has 10 aromatic heterocycles. The number of aliphatic hydroxyl groups excluding tert-OH is 3. The maximum absolute atomic E-state index is 12.9. The van der Waals surface area contributed by atoms with Crippen LogP contribution >= 0.6 is 0 Å². The summed E-state index contributed by atoms with van der Waals surface area (Å²) < 4.78 is 89.7. The van der Waals surface area contributed by atoms with Gasteiger partial charge in [0, 0.05) is 52.5 Å². The third kappa shape index (κ3) is 22.9. The zero-order chi connectivity index (χ0) is 104. The van der Waals surface area contributed by atoms with Crippen LogP contribution in [0.15, 0.2) is 112 Å². The number of nitrogen functional groups attached to an aromatic ring is 5. The number of hydrogen-bond donors (Lipinski definition) is 11. The van der Waals surface area contributed by atoms with Crippen LogP contribution in [-0.4, -0.2) is 360 Å². The van der Waals surface area contributed by atoms with Crippen molar-refractivity contribution >= 4 is 120 Å². The van der Waals surface area contributed by atoms with Gasteiger partial charge in [-0.1, -0.05) is 20.8 Å². The summed E-state index contributed by atoms with van der Waals surface area (Å²) in [5, 5.41) is 71.5. The number of aromatic nitrogens is 20. The molecule has 0 unspecified atom stereocenters. The molecule has 20 atom stereocenters. The number of phenolic OH excluding ortho intramolecular Hbond substituents is 1. The number of fused-ring (bicyclic) bond motifs is 9. The number of likely N-dealkylation sites (N-methyl/N-ethyl adjacent to an activating group) is 2. The standard InChI is InChI=1S/C19H18N6O7.C15H20N6O4.C13H15N5O5.C13H17N5O4.C12H16N6O4.C6H5NO3.C6H15N.C2H7N.H2O/c1-19(2)31-12-13(32-19)17(24-8-23-11-15(20)21-7-22-16(11)24)30-14(12)18(26)29-10-5-3-9(4-6-10)25(27)28;1-15(2)24-8-9(13(22)20(3)4)23-14(10(8)25-15)21-6-19-7-11(16)17-5-18-12(7)21;1-13(2)22-6-7(23-13)11(21-8(6)12(19)20)18-4-17-5-9(14)15-3-16-10(5)18;1-13(2)21-8-6(3-19)20-12(9(8)22-13)18-5-17-7-10(14)15-4-16-11(7)18;1-17(2)11(21)8-6(19)7(20)12(22-8)18-4-16-5-9(13)14-3-15-10(5)18;8-6-3-1-5(2-4-6)7(9)10;1-4-7(5-2)6-3;1-3-2;/h3-8,12-14,17H,1-2H3,(H2,20,21,22);5-6,8-10,14H,1-4H3,(H2,16,17,18);3-4,6-8,11H,1-2H3,(H,19,20)(H2,14,15,16);4-6,8-9,12,19H,3H2,1-2H3,(H2,14,15,16);3-4,6-8,12,19-20H,1-2H3,(H2,13,14,15);1-4,8H;4-6H2,1-3H3;3H,1-2H3;1H2/t12-,13+,14-,17+;8-,9+,10-,14-;6-,7+,8-,11+;6-,8-,9-,12-;6-,7+,8-,12+;;;;/m01010..../s1. The maximum Gasteiger partial charge on any atom is 0.343 e. The fourth-order valence-corrected chi connectivity index (χ4v) is 17.0. The highest BCUT2D eigenvalue weighted by atomic mass is 16.8. The Morgan fingerprint density at radius 3 is 1.01 bits per heavy atom. The van der Waals surface area contributed by atoms with Crippen molar-refractivity contribution in [3.05, 3.63) is 132 Å². The average Bonchev–Trinajstić information content (AvgIpc) is 1.60. The fourth-order valence-electron chi connectivity index (χ4n) is 17.0. The van der Waals surface area contributed by atoms with Crippen molar-refractivity contribution in [1.82, 2.24) is 118 Å². The summed E-state index contributed by atoms with van der Waals surface area (Å²) >= 11 is 0. The Bertz CT molecular complexity index is 6560. The van der Waals surface area contributed by atoms with E-state index in [0.717, 1.165) is 0 Å². The van der Waals surface area contributed by atoms with E-state index < -0.39 is 161 Å². The van der Waals surface area contributed by atoms with E-state index >= 15 is 0 Å². The number of imidazole rings is 5. The predicted octanol–water partition coefficient (Wildman–Crippen LogP) is 0.758. The van der Waals surface area contributed by atoms with Crippen LogP contribution in [-0.2, 0) is 80.8 Å². The number of ether oxygens (including phenoxy) is 14. The number of nitrogens with one attached hydrogen (secondary N) is 1. The number of benzene rings is 2. The Morgan fingerprint density at radius 1 is 0.414 bits per heavy atom. The fraction of sp³-hybridized carbons (Fsp3) is 0.523. The minimum absolute atomic E-state index is 0.